The van der Waals surface area contributed by atoms with Gasteiger partial charge in [0.25, 0.3) is 0 Å². The Kier molecular flexibility index (Phi) is 5.19. The Balaban J connectivity index is 1.76. The molecule has 0 bridgehead atoms. The maximum Gasteiger partial charge on any atom is 0.122 e. The molecule has 0 spiro atoms. The van der Waals surface area contributed by atoms with E-state index in [0.717, 1.165) is 12.3 Å². The van der Waals surface area contributed by atoms with Crippen molar-refractivity contribution in [2.24, 2.45) is 0 Å². The molecule has 2 nitrogen and oxygen atoms in total. The predicted octanol–water partition coefficient (Wildman–Crippen LogP) is 4.03. The molecule has 2 rings (SSSR count). The van der Waals surface area contributed by atoms with Crippen LogP contribution in [0.4, 0.5) is 0 Å². The molecule has 0 unspecified atom stereocenters. The molecule has 0 heterocycles. The molecule has 20 heavy (non-hydrogen) atoms. The molecule has 2 aromatic rings. The Morgan fingerprint density at radius 3 is 2.50 bits per heavy atom. The van der Waals surface area contributed by atoms with Crippen LogP contribution in [0.15, 0.2) is 48.5 Å². The van der Waals surface area contributed by atoms with E-state index in [2.05, 4.69) is 62.5 Å². The van der Waals surface area contributed by atoms with Gasteiger partial charge in [-0.2, -0.15) is 0 Å². The van der Waals surface area contributed by atoms with E-state index in [0.29, 0.717) is 12.6 Å². The van der Waals surface area contributed by atoms with Crippen molar-refractivity contribution in [3.8, 4) is 5.75 Å². The first kappa shape index (κ1) is 14.6. The molecule has 106 valence electrons. The summed E-state index contributed by atoms with van der Waals surface area (Å²) in [6.07, 6.45) is 0. The number of rotatable bonds is 6. The fourth-order valence-electron chi connectivity index (χ4n) is 2.26. The van der Waals surface area contributed by atoms with E-state index in [4.69, 9.17) is 4.74 Å². The van der Waals surface area contributed by atoms with Crippen LogP contribution in [0.25, 0.3) is 0 Å². The van der Waals surface area contributed by atoms with Crippen molar-refractivity contribution in [2.75, 3.05) is 13.2 Å². The van der Waals surface area contributed by atoms with Crippen LogP contribution < -0.4 is 10.1 Å². The zero-order valence-electron chi connectivity index (χ0n) is 12.5. The van der Waals surface area contributed by atoms with Gasteiger partial charge in [0.1, 0.15) is 12.4 Å². The summed E-state index contributed by atoms with van der Waals surface area (Å²) in [4.78, 5) is 0. The minimum atomic E-state index is 0.346. The van der Waals surface area contributed by atoms with Crippen LogP contribution in [0.3, 0.4) is 0 Å². The molecule has 2 aromatic carbocycles. The lowest BCUT2D eigenvalue weighted by molar-refractivity contribution is 0.305. The summed E-state index contributed by atoms with van der Waals surface area (Å²) in [6.45, 7) is 7.87. The molecule has 0 saturated carbocycles. The lowest BCUT2D eigenvalue weighted by Crippen LogP contribution is -2.24. The van der Waals surface area contributed by atoms with E-state index < -0.39 is 0 Å². The third-order valence-corrected chi connectivity index (χ3v) is 3.44. The Hall–Kier alpha value is -1.80. The van der Waals surface area contributed by atoms with Gasteiger partial charge < -0.3 is 10.1 Å². The summed E-state index contributed by atoms with van der Waals surface area (Å²) >= 11 is 0. The Morgan fingerprint density at radius 2 is 1.80 bits per heavy atom. The molecule has 0 aliphatic carbocycles. The number of hydrogen-bond donors (Lipinski definition) is 1. The van der Waals surface area contributed by atoms with E-state index >= 15 is 0 Å². The Bertz CT molecular complexity index is 536. The highest BCUT2D eigenvalue weighted by atomic mass is 16.5. The summed E-state index contributed by atoms with van der Waals surface area (Å²) in [7, 11) is 0. The van der Waals surface area contributed by atoms with Gasteiger partial charge in [-0.1, -0.05) is 48.0 Å². The smallest absolute Gasteiger partial charge is 0.122 e. The van der Waals surface area contributed by atoms with E-state index in [1.807, 2.05) is 12.1 Å². The van der Waals surface area contributed by atoms with Crippen molar-refractivity contribution in [2.45, 2.75) is 26.8 Å². The molecule has 2 heteroatoms. The monoisotopic (exact) mass is 269 g/mol. The summed E-state index contributed by atoms with van der Waals surface area (Å²) in [5, 5.41) is 3.47. The molecule has 0 radical (unpaired) electrons. The van der Waals surface area contributed by atoms with Crippen LogP contribution >= 0.6 is 0 Å². The summed E-state index contributed by atoms with van der Waals surface area (Å²) in [5.41, 5.74) is 3.77. The molecule has 0 saturated heterocycles. The average molecular weight is 269 g/mol. The highest BCUT2D eigenvalue weighted by molar-refractivity contribution is 5.35. The maximum atomic E-state index is 5.82. The predicted molar refractivity (Wildman–Crippen MR) is 84.3 cm³/mol. The second-order valence-electron chi connectivity index (χ2n) is 5.20. The first-order valence-corrected chi connectivity index (χ1v) is 7.15. The van der Waals surface area contributed by atoms with Gasteiger partial charge in [0, 0.05) is 12.6 Å². The number of ether oxygens (including phenoxy) is 1. The number of nitrogens with one attached hydrogen (secondary N) is 1. The first-order chi connectivity index (χ1) is 9.66. The molecular weight excluding hydrogens is 246 g/mol. The lowest BCUT2D eigenvalue weighted by atomic mass is 10.1. The summed E-state index contributed by atoms with van der Waals surface area (Å²) < 4.78 is 5.82. The minimum Gasteiger partial charge on any atom is -0.492 e. The fourth-order valence-corrected chi connectivity index (χ4v) is 2.26. The van der Waals surface area contributed by atoms with Crippen molar-refractivity contribution in [3.63, 3.8) is 0 Å². The molecule has 0 aliphatic rings. The average Bonchev–Trinajstić information content (AvgIpc) is 2.46. The zero-order chi connectivity index (χ0) is 14.4. The van der Waals surface area contributed by atoms with Gasteiger partial charge >= 0.3 is 0 Å². The molecule has 0 aliphatic heterocycles. The SMILES string of the molecule is Cc1ccc(OCCN[C@H](C)c2ccccc2)c(C)c1. The largest absolute Gasteiger partial charge is 0.492 e. The second-order valence-corrected chi connectivity index (χ2v) is 5.20. The highest BCUT2D eigenvalue weighted by Gasteiger charge is 2.04. The van der Waals surface area contributed by atoms with Crippen LogP contribution in [-0.4, -0.2) is 13.2 Å². The van der Waals surface area contributed by atoms with Gasteiger partial charge in [-0.25, -0.2) is 0 Å². The molecule has 1 N–H and O–H groups in total. The van der Waals surface area contributed by atoms with Crippen molar-refractivity contribution >= 4 is 0 Å². The molecule has 0 fully saturated rings. The van der Waals surface area contributed by atoms with E-state index in [1.54, 1.807) is 0 Å². The standard InChI is InChI=1S/C18H23NO/c1-14-9-10-18(15(2)13-14)20-12-11-19-16(3)17-7-5-4-6-8-17/h4-10,13,16,19H,11-12H2,1-3H3/t16-/m1/s1. The third kappa shape index (κ3) is 4.10. The highest BCUT2D eigenvalue weighted by Crippen LogP contribution is 2.18. The third-order valence-electron chi connectivity index (χ3n) is 3.44. The summed E-state index contributed by atoms with van der Waals surface area (Å²) in [6, 6.07) is 17.1. The van der Waals surface area contributed by atoms with Crippen molar-refractivity contribution in [1.82, 2.24) is 5.32 Å². The van der Waals surface area contributed by atoms with Crippen LogP contribution in [0, 0.1) is 13.8 Å². The second kappa shape index (κ2) is 7.11. The van der Waals surface area contributed by atoms with Gasteiger partial charge in [-0.3, -0.25) is 0 Å². The number of hydrogen-bond acceptors (Lipinski definition) is 2. The van der Waals surface area contributed by atoms with Gasteiger partial charge in [-0.05, 0) is 38.0 Å². The molecule has 0 amide bonds. The van der Waals surface area contributed by atoms with Gasteiger partial charge in [0.2, 0.25) is 0 Å². The van der Waals surface area contributed by atoms with Gasteiger partial charge in [-0.15, -0.1) is 0 Å². The van der Waals surface area contributed by atoms with E-state index in [-0.39, 0.29) is 0 Å². The number of benzene rings is 2. The van der Waals surface area contributed by atoms with Crippen LogP contribution in [0.1, 0.15) is 29.7 Å². The minimum absolute atomic E-state index is 0.346. The zero-order valence-corrected chi connectivity index (χ0v) is 12.5. The van der Waals surface area contributed by atoms with Crippen molar-refractivity contribution in [3.05, 3.63) is 65.2 Å². The van der Waals surface area contributed by atoms with Crippen LogP contribution in [0.5, 0.6) is 5.75 Å². The normalized spacial score (nSPS) is 12.2. The van der Waals surface area contributed by atoms with Gasteiger partial charge in [0.05, 0.1) is 0 Å². The van der Waals surface area contributed by atoms with Crippen molar-refractivity contribution in [1.29, 1.82) is 0 Å². The Labute approximate surface area is 121 Å². The molecule has 0 aromatic heterocycles. The molecule has 1 atom stereocenters. The topological polar surface area (TPSA) is 21.3 Å². The van der Waals surface area contributed by atoms with Gasteiger partial charge in [0.15, 0.2) is 0 Å². The summed E-state index contributed by atoms with van der Waals surface area (Å²) in [5.74, 6) is 0.977. The van der Waals surface area contributed by atoms with Crippen molar-refractivity contribution < 1.29 is 4.74 Å². The van der Waals surface area contributed by atoms with Crippen LogP contribution in [0.2, 0.25) is 0 Å². The van der Waals surface area contributed by atoms with E-state index in [9.17, 15) is 0 Å². The Morgan fingerprint density at radius 1 is 1.05 bits per heavy atom. The number of aryl methyl sites for hydroxylation is 2. The lowest BCUT2D eigenvalue weighted by Gasteiger charge is -2.15. The quantitative estimate of drug-likeness (QED) is 0.799. The van der Waals surface area contributed by atoms with E-state index in [1.165, 1.54) is 16.7 Å². The molecular formula is C18H23NO. The van der Waals surface area contributed by atoms with Crippen LogP contribution in [-0.2, 0) is 0 Å². The fraction of sp³-hybridized carbons (Fsp3) is 0.333. The first-order valence-electron chi connectivity index (χ1n) is 7.15. The maximum absolute atomic E-state index is 5.82.